The number of hydrogen-bond donors (Lipinski definition) is 0. The van der Waals surface area contributed by atoms with Gasteiger partial charge in [-0.3, -0.25) is 0 Å². The highest BCUT2D eigenvalue weighted by atomic mass is 35.5. The molecule has 0 aliphatic carbocycles. The molecule has 4 aromatic rings. The fourth-order valence-corrected chi connectivity index (χ4v) is 3.14. The van der Waals surface area contributed by atoms with E-state index in [1.165, 1.54) is 0 Å². The molecule has 0 atom stereocenters. The first kappa shape index (κ1) is 20.1. The monoisotopic (exact) mass is 432 g/mol. The Balaban J connectivity index is 1.42. The molecular weight excluding hydrogens is 415 g/mol. The maximum absolute atomic E-state index is 5.91. The van der Waals surface area contributed by atoms with Crippen molar-refractivity contribution >= 4 is 28.8 Å². The van der Waals surface area contributed by atoms with E-state index in [9.17, 15) is 0 Å². The second-order valence-electron chi connectivity index (χ2n) is 6.64. The van der Waals surface area contributed by atoms with E-state index < -0.39 is 0 Å². The quantitative estimate of drug-likeness (QED) is 0.303. The summed E-state index contributed by atoms with van der Waals surface area (Å²) in [5.41, 5.74) is 2.96. The molecule has 0 spiro atoms. The topological polar surface area (TPSA) is 18.5 Å². The molecule has 0 aliphatic rings. The Morgan fingerprint density at radius 2 is 0.733 bits per heavy atom. The van der Waals surface area contributed by atoms with Crippen molar-refractivity contribution in [2.24, 2.45) is 0 Å². The van der Waals surface area contributed by atoms with Gasteiger partial charge >= 0.3 is 0 Å². The number of hydrogen-bond acceptors (Lipinski definition) is 2. The average Bonchev–Trinajstić information content (AvgIpc) is 2.77. The second-order valence-corrected chi connectivity index (χ2v) is 7.51. The first-order chi connectivity index (χ1) is 14.6. The van der Waals surface area contributed by atoms with Crippen LogP contribution in [0.5, 0.6) is 23.0 Å². The lowest BCUT2D eigenvalue weighted by atomic mass is 9.99. The number of ether oxygens (including phenoxy) is 2. The molecule has 4 heteroatoms. The number of halogens is 2. The largest absolute Gasteiger partial charge is 0.457 e. The van der Waals surface area contributed by atoms with Gasteiger partial charge in [0.2, 0.25) is 0 Å². The molecule has 4 aromatic carbocycles. The Labute approximate surface area is 185 Å². The van der Waals surface area contributed by atoms with Gasteiger partial charge in [-0.1, -0.05) is 54.0 Å². The van der Waals surface area contributed by atoms with E-state index in [1.54, 1.807) is 24.3 Å². The van der Waals surface area contributed by atoms with Gasteiger partial charge in [0.15, 0.2) is 0 Å². The van der Waals surface area contributed by atoms with Crippen molar-refractivity contribution in [1.82, 2.24) is 0 Å². The van der Waals surface area contributed by atoms with Gasteiger partial charge in [-0.2, -0.15) is 0 Å². The normalized spacial score (nSPS) is 10.5. The lowest BCUT2D eigenvalue weighted by Crippen LogP contribution is -1.89. The number of benzene rings is 4. The summed E-state index contributed by atoms with van der Waals surface area (Å²) in [5, 5.41) is 1.36. The van der Waals surface area contributed by atoms with Gasteiger partial charge in [0.05, 0.1) is 0 Å². The molecule has 0 unspecified atom stereocenters. The Hall–Kier alpha value is -3.20. The third-order valence-electron chi connectivity index (χ3n) is 4.50. The van der Waals surface area contributed by atoms with Crippen molar-refractivity contribution < 1.29 is 9.47 Å². The lowest BCUT2D eigenvalue weighted by molar-refractivity contribution is 0.482. The van der Waals surface area contributed by atoms with Crippen LogP contribution < -0.4 is 9.47 Å². The molecule has 0 saturated heterocycles. The van der Waals surface area contributed by atoms with Crippen LogP contribution in [0.15, 0.2) is 104 Å². The van der Waals surface area contributed by atoms with E-state index >= 15 is 0 Å². The minimum absolute atomic E-state index is 0.679. The molecule has 148 valence electrons. The average molecular weight is 433 g/mol. The van der Waals surface area contributed by atoms with Crippen LogP contribution >= 0.6 is 23.2 Å². The van der Waals surface area contributed by atoms with Crippen LogP contribution in [0.3, 0.4) is 0 Å². The third kappa shape index (κ3) is 5.04. The highest BCUT2D eigenvalue weighted by molar-refractivity contribution is 6.30. The summed E-state index contributed by atoms with van der Waals surface area (Å²) in [6.07, 6.45) is 0. The standard InChI is InChI=1S/C26H18Cl2O2/c1-18(19-2-10-23(11-3-19)29-25-14-6-21(27)7-15-25)20-4-12-24(13-5-20)30-26-16-8-22(28)9-17-26/h2-17H,1H2. The summed E-state index contributed by atoms with van der Waals surface area (Å²) in [6.45, 7) is 4.23. The maximum Gasteiger partial charge on any atom is 0.127 e. The van der Waals surface area contributed by atoms with Crippen molar-refractivity contribution in [3.05, 3.63) is 125 Å². The smallest absolute Gasteiger partial charge is 0.127 e. The molecular formula is C26H18Cl2O2. The Kier molecular flexibility index (Phi) is 6.08. The third-order valence-corrected chi connectivity index (χ3v) is 5.01. The molecule has 0 amide bonds. The lowest BCUT2D eigenvalue weighted by Gasteiger charge is -2.10. The van der Waals surface area contributed by atoms with Gasteiger partial charge in [-0.05, 0) is 89.5 Å². The molecule has 0 aromatic heterocycles. The van der Waals surface area contributed by atoms with Crippen molar-refractivity contribution in [3.8, 4) is 23.0 Å². The van der Waals surface area contributed by atoms with E-state index in [0.717, 1.165) is 39.7 Å². The molecule has 0 aliphatic heterocycles. The summed E-state index contributed by atoms with van der Waals surface area (Å²) in [5.74, 6) is 2.98. The molecule has 0 saturated carbocycles. The van der Waals surface area contributed by atoms with Crippen molar-refractivity contribution in [1.29, 1.82) is 0 Å². The van der Waals surface area contributed by atoms with E-state index in [2.05, 4.69) is 6.58 Å². The first-order valence-electron chi connectivity index (χ1n) is 9.33. The predicted octanol–water partition coefficient (Wildman–Crippen LogP) is 8.64. The Morgan fingerprint density at radius 3 is 1.03 bits per heavy atom. The second kappa shape index (κ2) is 9.08. The minimum Gasteiger partial charge on any atom is -0.457 e. The molecule has 4 rings (SSSR count). The summed E-state index contributed by atoms with van der Waals surface area (Å²) < 4.78 is 11.7. The molecule has 0 N–H and O–H groups in total. The van der Waals surface area contributed by atoms with E-state index in [4.69, 9.17) is 32.7 Å². The summed E-state index contributed by atoms with van der Waals surface area (Å²) >= 11 is 11.8. The zero-order valence-electron chi connectivity index (χ0n) is 16.0. The van der Waals surface area contributed by atoms with Crippen LogP contribution in [-0.4, -0.2) is 0 Å². The van der Waals surface area contributed by atoms with Crippen molar-refractivity contribution in [2.75, 3.05) is 0 Å². The summed E-state index contributed by atoms with van der Waals surface area (Å²) in [7, 11) is 0. The van der Waals surface area contributed by atoms with Gasteiger partial charge in [-0.15, -0.1) is 0 Å². The van der Waals surface area contributed by atoms with Crippen LogP contribution in [0.1, 0.15) is 11.1 Å². The van der Waals surface area contributed by atoms with Gasteiger partial charge in [0.1, 0.15) is 23.0 Å². The SMILES string of the molecule is C=C(c1ccc(Oc2ccc(Cl)cc2)cc1)c1ccc(Oc2ccc(Cl)cc2)cc1. The number of rotatable bonds is 6. The maximum atomic E-state index is 5.91. The predicted molar refractivity (Wildman–Crippen MR) is 124 cm³/mol. The molecule has 0 heterocycles. The minimum atomic E-state index is 0.679. The Morgan fingerprint density at radius 1 is 0.467 bits per heavy atom. The van der Waals surface area contributed by atoms with Gasteiger partial charge in [0.25, 0.3) is 0 Å². The Bertz CT molecular complexity index is 1040. The summed E-state index contributed by atoms with van der Waals surface area (Å²) in [4.78, 5) is 0. The molecule has 0 radical (unpaired) electrons. The fourth-order valence-electron chi connectivity index (χ4n) is 2.89. The highest BCUT2D eigenvalue weighted by Crippen LogP contribution is 2.29. The van der Waals surface area contributed by atoms with Crippen LogP contribution in [0.4, 0.5) is 0 Å². The van der Waals surface area contributed by atoms with E-state index in [0.29, 0.717) is 10.0 Å². The molecule has 0 bridgehead atoms. The van der Waals surface area contributed by atoms with Crippen LogP contribution in [0.2, 0.25) is 10.0 Å². The van der Waals surface area contributed by atoms with Crippen molar-refractivity contribution in [2.45, 2.75) is 0 Å². The van der Waals surface area contributed by atoms with Crippen molar-refractivity contribution in [3.63, 3.8) is 0 Å². The van der Waals surface area contributed by atoms with Gasteiger partial charge in [0, 0.05) is 10.0 Å². The first-order valence-corrected chi connectivity index (χ1v) is 10.1. The highest BCUT2D eigenvalue weighted by Gasteiger charge is 2.05. The zero-order chi connectivity index (χ0) is 20.9. The van der Waals surface area contributed by atoms with Crippen LogP contribution in [-0.2, 0) is 0 Å². The van der Waals surface area contributed by atoms with Gasteiger partial charge in [-0.25, -0.2) is 0 Å². The molecule has 2 nitrogen and oxygen atoms in total. The molecule has 0 fully saturated rings. The van der Waals surface area contributed by atoms with Crippen LogP contribution in [0, 0.1) is 0 Å². The fraction of sp³-hybridized carbons (Fsp3) is 0. The van der Waals surface area contributed by atoms with Crippen LogP contribution in [0.25, 0.3) is 5.57 Å². The van der Waals surface area contributed by atoms with E-state index in [-0.39, 0.29) is 0 Å². The van der Waals surface area contributed by atoms with E-state index in [1.807, 2.05) is 72.8 Å². The zero-order valence-corrected chi connectivity index (χ0v) is 17.5. The molecule has 30 heavy (non-hydrogen) atoms. The van der Waals surface area contributed by atoms with Gasteiger partial charge < -0.3 is 9.47 Å². The summed E-state index contributed by atoms with van der Waals surface area (Å²) in [6, 6.07) is 30.2.